The van der Waals surface area contributed by atoms with E-state index in [0.717, 1.165) is 64.2 Å². The van der Waals surface area contributed by atoms with Gasteiger partial charge in [0.2, 0.25) is 5.91 Å². The molecular weight excluding hydrogens is 815 g/mol. The molecule has 0 saturated carbocycles. The summed E-state index contributed by atoms with van der Waals surface area (Å²) < 4.78 is 5.96. The Hall–Kier alpha value is -1.66. The van der Waals surface area contributed by atoms with E-state index in [2.05, 4.69) is 50.4 Å². The standard InChI is InChI=1S/C60H115NO5/c1-4-7-10-13-16-19-22-25-28-31-33-36-39-42-45-48-51-56(66-60(65)53-50-47-44-41-38-35-32-29-26-23-20-17-14-11-8-5-2)54-59(64)61-57(55-62)58(63)52-49-46-43-40-37-34-30-27-24-21-18-15-12-9-6-3/h28,31,33,36,56-58,62-63H,4-27,29-30,32,34-35,37-55H2,1-3H3,(H,61,64)/b31-28+,36-33+. The topological polar surface area (TPSA) is 95.9 Å². The number of aliphatic hydroxyl groups excluding tert-OH is 2. The van der Waals surface area contributed by atoms with Crippen molar-refractivity contribution < 1.29 is 24.5 Å². The van der Waals surface area contributed by atoms with Crippen LogP contribution in [-0.2, 0) is 14.3 Å². The second kappa shape index (κ2) is 54.3. The molecule has 66 heavy (non-hydrogen) atoms. The van der Waals surface area contributed by atoms with Gasteiger partial charge in [0.05, 0.1) is 25.2 Å². The van der Waals surface area contributed by atoms with Gasteiger partial charge in [0.15, 0.2) is 0 Å². The second-order valence-electron chi connectivity index (χ2n) is 20.4. The number of carbonyl (C=O) groups excluding carboxylic acids is 2. The Balaban J connectivity index is 4.56. The number of esters is 1. The number of rotatable bonds is 54. The lowest BCUT2D eigenvalue weighted by Gasteiger charge is -2.24. The van der Waals surface area contributed by atoms with Crippen LogP contribution in [0.3, 0.4) is 0 Å². The summed E-state index contributed by atoms with van der Waals surface area (Å²) in [5.41, 5.74) is 0. The lowest BCUT2D eigenvalue weighted by molar-refractivity contribution is -0.151. The highest BCUT2D eigenvalue weighted by molar-refractivity contribution is 5.77. The number of amides is 1. The highest BCUT2D eigenvalue weighted by Gasteiger charge is 2.24. The molecule has 0 aromatic carbocycles. The molecule has 0 aromatic heterocycles. The van der Waals surface area contributed by atoms with Crippen molar-refractivity contribution in [2.75, 3.05) is 6.61 Å². The summed E-state index contributed by atoms with van der Waals surface area (Å²) in [6.07, 6.45) is 63.9. The Morgan fingerprint density at radius 3 is 1.14 bits per heavy atom. The second-order valence-corrected chi connectivity index (χ2v) is 20.4. The van der Waals surface area contributed by atoms with E-state index in [9.17, 15) is 19.8 Å². The van der Waals surface area contributed by atoms with E-state index < -0.39 is 18.2 Å². The first-order valence-corrected chi connectivity index (χ1v) is 29.6. The van der Waals surface area contributed by atoms with Crippen LogP contribution < -0.4 is 5.32 Å². The Morgan fingerprint density at radius 1 is 0.439 bits per heavy atom. The molecule has 0 saturated heterocycles. The minimum Gasteiger partial charge on any atom is -0.462 e. The van der Waals surface area contributed by atoms with Crippen LogP contribution in [0.5, 0.6) is 0 Å². The number of aliphatic hydroxyl groups is 2. The maximum absolute atomic E-state index is 13.3. The number of nitrogens with one attached hydrogen (secondary N) is 1. The molecule has 6 nitrogen and oxygen atoms in total. The Kier molecular flexibility index (Phi) is 52.9. The largest absolute Gasteiger partial charge is 0.462 e. The van der Waals surface area contributed by atoms with Crippen molar-refractivity contribution in [1.82, 2.24) is 5.32 Å². The molecule has 0 aliphatic carbocycles. The molecule has 0 fully saturated rings. The van der Waals surface area contributed by atoms with Crippen LogP contribution in [0.1, 0.15) is 323 Å². The van der Waals surface area contributed by atoms with Gasteiger partial charge in [0.1, 0.15) is 6.10 Å². The van der Waals surface area contributed by atoms with E-state index in [1.54, 1.807) is 0 Å². The number of allylic oxidation sites excluding steroid dienone is 4. The third-order valence-electron chi connectivity index (χ3n) is 13.8. The molecule has 3 N–H and O–H groups in total. The smallest absolute Gasteiger partial charge is 0.306 e. The fourth-order valence-corrected chi connectivity index (χ4v) is 9.31. The van der Waals surface area contributed by atoms with E-state index in [4.69, 9.17) is 4.74 Å². The third kappa shape index (κ3) is 48.8. The number of hydrogen-bond donors (Lipinski definition) is 3. The number of unbranched alkanes of at least 4 members (excludes halogenated alkanes) is 39. The van der Waals surface area contributed by atoms with Crippen molar-refractivity contribution >= 4 is 11.9 Å². The maximum atomic E-state index is 13.3. The summed E-state index contributed by atoms with van der Waals surface area (Å²) in [5, 5.41) is 23.9. The molecule has 1 amide bonds. The minimum absolute atomic E-state index is 0.0658. The van der Waals surface area contributed by atoms with Crippen LogP contribution in [0.15, 0.2) is 24.3 Å². The third-order valence-corrected chi connectivity index (χ3v) is 13.8. The lowest BCUT2D eigenvalue weighted by Crippen LogP contribution is -2.46. The molecule has 0 aromatic rings. The molecule has 0 radical (unpaired) electrons. The van der Waals surface area contributed by atoms with Crippen LogP contribution in [0.4, 0.5) is 0 Å². The van der Waals surface area contributed by atoms with Gasteiger partial charge in [-0.3, -0.25) is 9.59 Å². The van der Waals surface area contributed by atoms with Gasteiger partial charge in [-0.15, -0.1) is 0 Å². The van der Waals surface area contributed by atoms with Crippen LogP contribution in [0.25, 0.3) is 0 Å². The van der Waals surface area contributed by atoms with Crippen LogP contribution in [0.2, 0.25) is 0 Å². The molecule has 0 aliphatic heterocycles. The number of hydrogen-bond acceptors (Lipinski definition) is 5. The molecule has 3 atom stereocenters. The van der Waals surface area contributed by atoms with Gasteiger partial charge in [0.25, 0.3) is 0 Å². The van der Waals surface area contributed by atoms with E-state index in [-0.39, 0.29) is 24.9 Å². The zero-order valence-corrected chi connectivity index (χ0v) is 44.6. The molecule has 0 rings (SSSR count). The quantitative estimate of drug-likeness (QED) is 0.0321. The summed E-state index contributed by atoms with van der Waals surface area (Å²) in [4.78, 5) is 26.3. The molecule has 0 heterocycles. The predicted octanol–water partition coefficient (Wildman–Crippen LogP) is 18.2. The lowest BCUT2D eigenvalue weighted by atomic mass is 10.0. The molecule has 390 valence electrons. The van der Waals surface area contributed by atoms with Gasteiger partial charge in [-0.25, -0.2) is 0 Å². The maximum Gasteiger partial charge on any atom is 0.306 e. The molecule has 0 spiro atoms. The fourth-order valence-electron chi connectivity index (χ4n) is 9.31. The highest BCUT2D eigenvalue weighted by atomic mass is 16.5. The molecule has 3 unspecified atom stereocenters. The van der Waals surface area contributed by atoms with E-state index >= 15 is 0 Å². The molecule has 0 aliphatic rings. The van der Waals surface area contributed by atoms with Crippen molar-refractivity contribution in [3.05, 3.63) is 24.3 Å². The zero-order chi connectivity index (χ0) is 48.1. The minimum atomic E-state index is -0.792. The van der Waals surface area contributed by atoms with Gasteiger partial charge in [0, 0.05) is 6.42 Å². The SMILES string of the molecule is CCCCCCCCC/C=C/C=C/CCCCCC(CC(=O)NC(CO)C(O)CCCCCCCCCCCCCCCCC)OC(=O)CCCCCCCCCCCCCCCCCC. The van der Waals surface area contributed by atoms with E-state index in [0.29, 0.717) is 19.3 Å². The Bertz CT molecular complexity index is 1040. The number of ether oxygens (including phenoxy) is 1. The van der Waals surface area contributed by atoms with Crippen molar-refractivity contribution in [3.63, 3.8) is 0 Å². The molecular formula is C60H115NO5. The van der Waals surface area contributed by atoms with Gasteiger partial charge in [-0.05, 0) is 51.4 Å². The summed E-state index contributed by atoms with van der Waals surface area (Å²) >= 11 is 0. The van der Waals surface area contributed by atoms with Crippen LogP contribution in [-0.4, -0.2) is 46.9 Å². The molecule has 0 bridgehead atoms. The Labute approximate surface area is 411 Å². The number of carbonyl (C=O) groups is 2. The van der Waals surface area contributed by atoms with Crippen molar-refractivity contribution in [3.8, 4) is 0 Å². The van der Waals surface area contributed by atoms with Gasteiger partial charge in [-0.1, -0.05) is 283 Å². The first kappa shape index (κ1) is 64.3. The first-order valence-electron chi connectivity index (χ1n) is 29.6. The molecule has 6 heteroatoms. The average molecular weight is 931 g/mol. The van der Waals surface area contributed by atoms with Crippen molar-refractivity contribution in [2.45, 2.75) is 341 Å². The van der Waals surface area contributed by atoms with Gasteiger partial charge in [-0.2, -0.15) is 0 Å². The van der Waals surface area contributed by atoms with Crippen molar-refractivity contribution in [1.29, 1.82) is 0 Å². The summed E-state index contributed by atoms with van der Waals surface area (Å²) in [7, 11) is 0. The van der Waals surface area contributed by atoms with Gasteiger partial charge < -0.3 is 20.3 Å². The Morgan fingerprint density at radius 2 is 0.758 bits per heavy atom. The summed E-state index contributed by atoms with van der Waals surface area (Å²) in [5.74, 6) is -0.479. The average Bonchev–Trinajstić information content (AvgIpc) is 3.31. The fraction of sp³-hybridized carbons (Fsp3) is 0.900. The van der Waals surface area contributed by atoms with Gasteiger partial charge >= 0.3 is 5.97 Å². The predicted molar refractivity (Wildman–Crippen MR) is 287 cm³/mol. The van der Waals surface area contributed by atoms with Crippen molar-refractivity contribution in [2.24, 2.45) is 0 Å². The first-order chi connectivity index (χ1) is 32.5. The van der Waals surface area contributed by atoms with E-state index in [1.807, 2.05) is 0 Å². The normalized spacial score (nSPS) is 13.2. The summed E-state index contributed by atoms with van der Waals surface area (Å²) in [6.45, 7) is 6.52. The zero-order valence-electron chi connectivity index (χ0n) is 44.6. The monoisotopic (exact) mass is 930 g/mol. The summed E-state index contributed by atoms with van der Waals surface area (Å²) in [6, 6.07) is -0.706. The van der Waals surface area contributed by atoms with Crippen LogP contribution in [0, 0.1) is 0 Å². The van der Waals surface area contributed by atoms with E-state index in [1.165, 1.54) is 212 Å². The van der Waals surface area contributed by atoms with Crippen LogP contribution >= 0.6 is 0 Å². The highest BCUT2D eigenvalue weighted by Crippen LogP contribution is 2.19.